The van der Waals surface area contributed by atoms with Crippen LogP contribution < -0.4 is 0 Å². The van der Waals surface area contributed by atoms with Gasteiger partial charge >= 0.3 is 0 Å². The second kappa shape index (κ2) is 10.7. The van der Waals surface area contributed by atoms with E-state index in [1.807, 2.05) is 51.1 Å². The monoisotopic (exact) mass is 462 g/mol. The molecular formula is C27H34N4O3. The first kappa shape index (κ1) is 25.3. The third-order valence-electron chi connectivity index (χ3n) is 5.68. The molecule has 3 rings (SSSR count). The first-order valence-corrected chi connectivity index (χ1v) is 11.6. The highest BCUT2D eigenvalue weighted by Gasteiger charge is 2.31. The van der Waals surface area contributed by atoms with Gasteiger partial charge in [0.15, 0.2) is 5.76 Å². The van der Waals surface area contributed by atoms with Crippen LogP contribution in [0.3, 0.4) is 0 Å². The number of rotatable bonds is 10. The topological polar surface area (TPSA) is 97.5 Å². The molecule has 0 aliphatic carbocycles. The minimum atomic E-state index is -1.18. The van der Waals surface area contributed by atoms with Crippen LogP contribution in [-0.2, 0) is 5.60 Å². The Morgan fingerprint density at radius 3 is 2.53 bits per heavy atom. The molecule has 1 unspecified atom stereocenters. The minimum absolute atomic E-state index is 0.115. The summed E-state index contributed by atoms with van der Waals surface area (Å²) >= 11 is 0. The number of aromatic nitrogens is 3. The molecule has 1 atom stereocenters. The molecule has 7 heteroatoms. The molecule has 0 spiro atoms. The predicted octanol–water partition coefficient (Wildman–Crippen LogP) is 6.57. The number of nitrogens with zero attached hydrogens (tertiary/aromatic N) is 4. The molecule has 0 fully saturated rings. The lowest BCUT2D eigenvalue weighted by molar-refractivity contribution is 0.0471. The van der Waals surface area contributed by atoms with E-state index in [-0.39, 0.29) is 11.8 Å². The molecule has 180 valence electrons. The number of aliphatic hydroxyl groups is 1. The first-order chi connectivity index (χ1) is 16.1. The van der Waals surface area contributed by atoms with Crippen LogP contribution in [-0.4, -0.2) is 27.1 Å². The van der Waals surface area contributed by atoms with E-state index >= 15 is 0 Å². The fraction of sp³-hybridized carbons (Fsp3) is 0.407. The zero-order valence-electron chi connectivity index (χ0n) is 20.9. The molecule has 34 heavy (non-hydrogen) atoms. The van der Waals surface area contributed by atoms with Gasteiger partial charge in [-0.1, -0.05) is 49.3 Å². The Labute approximate surface area is 201 Å². The van der Waals surface area contributed by atoms with Gasteiger partial charge in [0.1, 0.15) is 11.4 Å². The molecule has 0 aliphatic heterocycles. The summed E-state index contributed by atoms with van der Waals surface area (Å²) < 4.78 is 11.0. The molecule has 0 aromatic carbocycles. The zero-order chi connectivity index (χ0) is 24.9. The van der Waals surface area contributed by atoms with E-state index in [0.29, 0.717) is 17.0 Å². The van der Waals surface area contributed by atoms with Gasteiger partial charge in [0.05, 0.1) is 33.9 Å². The molecule has 3 aromatic heterocycles. The van der Waals surface area contributed by atoms with Crippen LogP contribution in [0.4, 0.5) is 0 Å². The maximum absolute atomic E-state index is 10.5. The molecule has 0 aliphatic rings. The van der Waals surface area contributed by atoms with E-state index in [2.05, 4.69) is 40.0 Å². The number of pyridine rings is 1. The first-order valence-electron chi connectivity index (χ1n) is 11.6. The lowest BCUT2D eigenvalue weighted by Gasteiger charge is -2.16. The molecule has 0 radical (unpaired) electrons. The van der Waals surface area contributed by atoms with Crippen molar-refractivity contribution in [2.75, 3.05) is 0 Å². The molecule has 3 aromatic rings. The average Bonchev–Trinajstić information content (AvgIpc) is 3.41. The van der Waals surface area contributed by atoms with Crippen LogP contribution in [0, 0.1) is 6.92 Å². The van der Waals surface area contributed by atoms with Crippen molar-refractivity contribution in [3.05, 3.63) is 71.1 Å². The van der Waals surface area contributed by atoms with Crippen molar-refractivity contribution in [3.8, 4) is 11.3 Å². The van der Waals surface area contributed by atoms with Gasteiger partial charge in [0.2, 0.25) is 0 Å². The minimum Gasteiger partial charge on any atom is -0.382 e. The van der Waals surface area contributed by atoms with Gasteiger partial charge in [-0.25, -0.2) is 0 Å². The third-order valence-corrected chi connectivity index (χ3v) is 5.68. The van der Waals surface area contributed by atoms with E-state index in [1.54, 1.807) is 20.0 Å². The van der Waals surface area contributed by atoms with Crippen LogP contribution in [0.5, 0.6) is 0 Å². The number of allylic oxidation sites excluding steroid dienone is 3. The summed E-state index contributed by atoms with van der Waals surface area (Å²) in [7, 11) is 0. The summed E-state index contributed by atoms with van der Waals surface area (Å²) in [5, 5.41) is 19.0. The van der Waals surface area contributed by atoms with Crippen LogP contribution >= 0.6 is 0 Å². The highest BCUT2D eigenvalue weighted by Crippen LogP contribution is 2.35. The van der Waals surface area contributed by atoms with E-state index in [4.69, 9.17) is 9.05 Å². The summed E-state index contributed by atoms with van der Waals surface area (Å²) in [6.45, 7) is 15.2. The average molecular weight is 463 g/mol. The fourth-order valence-corrected chi connectivity index (χ4v) is 3.86. The van der Waals surface area contributed by atoms with E-state index in [0.717, 1.165) is 41.2 Å². The SMILES string of the molecule is C=N/C(=C\C=C/CCC(C)c1noc(C)c1-c1ccccn1)c1c(C(C)C)noc1C(C)(C)O. The Morgan fingerprint density at radius 2 is 1.91 bits per heavy atom. The lowest BCUT2D eigenvalue weighted by atomic mass is 9.94. The van der Waals surface area contributed by atoms with Gasteiger partial charge in [-0.15, -0.1) is 0 Å². The normalized spacial score (nSPS) is 13.7. The zero-order valence-corrected chi connectivity index (χ0v) is 20.9. The Bertz CT molecular complexity index is 1160. The van der Waals surface area contributed by atoms with Crippen molar-refractivity contribution in [2.24, 2.45) is 4.99 Å². The Balaban J connectivity index is 1.74. The van der Waals surface area contributed by atoms with Crippen LogP contribution in [0.15, 0.2) is 56.7 Å². The third kappa shape index (κ3) is 5.59. The summed E-state index contributed by atoms with van der Waals surface area (Å²) in [4.78, 5) is 8.66. The highest BCUT2D eigenvalue weighted by molar-refractivity contribution is 5.73. The quantitative estimate of drug-likeness (QED) is 0.270. The predicted molar refractivity (Wildman–Crippen MR) is 135 cm³/mol. The van der Waals surface area contributed by atoms with Crippen molar-refractivity contribution < 1.29 is 14.2 Å². The van der Waals surface area contributed by atoms with Crippen molar-refractivity contribution in [1.29, 1.82) is 0 Å². The summed E-state index contributed by atoms with van der Waals surface area (Å²) in [5.41, 5.74) is 3.67. The number of hydrogen-bond acceptors (Lipinski definition) is 7. The molecule has 1 N–H and O–H groups in total. The summed E-state index contributed by atoms with van der Waals surface area (Å²) in [5.74, 6) is 1.48. The van der Waals surface area contributed by atoms with Crippen LogP contribution in [0.2, 0.25) is 0 Å². The molecular weight excluding hydrogens is 428 g/mol. The fourth-order valence-electron chi connectivity index (χ4n) is 3.86. The van der Waals surface area contributed by atoms with E-state index in [1.165, 1.54) is 0 Å². The van der Waals surface area contributed by atoms with E-state index in [9.17, 15) is 5.11 Å². The second-order valence-corrected chi connectivity index (χ2v) is 9.32. The van der Waals surface area contributed by atoms with Gasteiger partial charge in [-0.2, -0.15) is 0 Å². The Morgan fingerprint density at radius 1 is 1.18 bits per heavy atom. The van der Waals surface area contributed by atoms with Crippen LogP contribution in [0.25, 0.3) is 17.0 Å². The molecule has 3 heterocycles. The van der Waals surface area contributed by atoms with Gasteiger partial charge in [0, 0.05) is 12.1 Å². The number of aliphatic imine (C=N–C) groups is 1. The van der Waals surface area contributed by atoms with E-state index < -0.39 is 5.60 Å². The lowest BCUT2D eigenvalue weighted by Crippen LogP contribution is -2.16. The maximum Gasteiger partial charge on any atom is 0.177 e. The van der Waals surface area contributed by atoms with Crippen molar-refractivity contribution in [2.45, 2.75) is 71.8 Å². The summed E-state index contributed by atoms with van der Waals surface area (Å²) in [6.07, 6.45) is 9.43. The Kier molecular flexibility index (Phi) is 7.99. The Hall–Kier alpha value is -3.32. The number of aryl methyl sites for hydroxylation is 1. The highest BCUT2D eigenvalue weighted by atomic mass is 16.5. The standard InChI is InChI=1S/C27H34N4O3/c1-17(2)24-23(26(34-30-24)27(5,6)32)20(28-7)14-10-8-9-13-18(3)25-22(19(4)33-31-25)21-15-11-12-16-29-21/h8,10-12,14-18,32H,7,9,13H2,1-6H3/b10-8-,20-14-. The molecule has 0 saturated carbocycles. The van der Waals surface area contributed by atoms with Gasteiger partial charge in [-0.05, 0) is 64.5 Å². The van der Waals surface area contributed by atoms with Crippen LogP contribution in [0.1, 0.15) is 87.8 Å². The molecule has 0 bridgehead atoms. The smallest absolute Gasteiger partial charge is 0.177 e. The molecule has 0 saturated heterocycles. The van der Waals surface area contributed by atoms with Gasteiger partial charge in [-0.3, -0.25) is 9.98 Å². The van der Waals surface area contributed by atoms with Crippen molar-refractivity contribution in [3.63, 3.8) is 0 Å². The van der Waals surface area contributed by atoms with Crippen molar-refractivity contribution in [1.82, 2.24) is 15.3 Å². The number of hydrogen-bond donors (Lipinski definition) is 1. The second-order valence-electron chi connectivity index (χ2n) is 9.32. The molecule has 0 amide bonds. The largest absolute Gasteiger partial charge is 0.382 e. The summed E-state index contributed by atoms with van der Waals surface area (Å²) in [6, 6.07) is 5.84. The maximum atomic E-state index is 10.5. The molecule has 7 nitrogen and oxygen atoms in total. The van der Waals surface area contributed by atoms with Crippen molar-refractivity contribution >= 4 is 12.4 Å². The van der Waals surface area contributed by atoms with Gasteiger partial charge < -0.3 is 14.2 Å². The van der Waals surface area contributed by atoms with Gasteiger partial charge in [0.25, 0.3) is 0 Å².